The van der Waals surface area contributed by atoms with Crippen molar-refractivity contribution in [1.29, 1.82) is 0 Å². The van der Waals surface area contributed by atoms with Crippen LogP contribution in [0.2, 0.25) is 0 Å². The molecule has 0 atom stereocenters. The van der Waals surface area contributed by atoms with Gasteiger partial charge in [0.25, 0.3) is 5.91 Å². The third-order valence-corrected chi connectivity index (χ3v) is 5.11. The molecular formula is C25H23FN4O2. The second-order valence-electron chi connectivity index (χ2n) is 7.38. The van der Waals surface area contributed by atoms with Crippen molar-refractivity contribution in [1.82, 2.24) is 20.2 Å². The number of amides is 2. The zero-order chi connectivity index (χ0) is 22.3. The minimum atomic E-state index is -0.311. The summed E-state index contributed by atoms with van der Waals surface area (Å²) < 4.78 is 14.9. The number of aromatic nitrogens is 2. The lowest BCUT2D eigenvalue weighted by molar-refractivity contribution is -0.121. The zero-order valence-electron chi connectivity index (χ0n) is 17.4. The summed E-state index contributed by atoms with van der Waals surface area (Å²) in [5.41, 5.74) is 3.07. The first-order valence-electron chi connectivity index (χ1n) is 10.4. The number of para-hydroxylation sites is 2. The molecule has 4 rings (SSSR count). The van der Waals surface area contributed by atoms with Crippen molar-refractivity contribution in [3.8, 4) is 0 Å². The van der Waals surface area contributed by atoms with Crippen molar-refractivity contribution in [2.24, 2.45) is 0 Å². The van der Waals surface area contributed by atoms with Crippen LogP contribution in [-0.4, -0.2) is 27.9 Å². The molecule has 6 nitrogen and oxygen atoms in total. The molecule has 3 aromatic carbocycles. The number of fused-ring (bicyclic) bond motifs is 1. The van der Waals surface area contributed by atoms with Gasteiger partial charge in [0.15, 0.2) is 0 Å². The van der Waals surface area contributed by atoms with E-state index in [2.05, 4.69) is 15.6 Å². The standard InChI is InChI=1S/C25H23FN4O2/c26-20-12-10-18(11-13-20)16-28-24(31)17-30-22-9-5-4-8-21(22)29-23(30)14-15-27-25(32)19-6-2-1-3-7-19/h1-13H,14-17H2,(H,27,32)(H,28,31). The molecule has 0 unspecified atom stereocenters. The molecule has 4 aromatic rings. The van der Waals surface area contributed by atoms with Gasteiger partial charge in [-0.2, -0.15) is 0 Å². The number of carbonyl (C=O) groups excluding carboxylic acids is 2. The Morgan fingerprint density at radius 2 is 1.59 bits per heavy atom. The number of hydrogen-bond donors (Lipinski definition) is 2. The average molecular weight is 430 g/mol. The minimum Gasteiger partial charge on any atom is -0.352 e. The molecule has 32 heavy (non-hydrogen) atoms. The Kier molecular flexibility index (Phi) is 6.55. The van der Waals surface area contributed by atoms with Gasteiger partial charge in [-0.05, 0) is 42.0 Å². The van der Waals surface area contributed by atoms with Crippen molar-refractivity contribution >= 4 is 22.8 Å². The maximum absolute atomic E-state index is 13.1. The monoisotopic (exact) mass is 430 g/mol. The van der Waals surface area contributed by atoms with E-state index in [0.717, 1.165) is 22.4 Å². The summed E-state index contributed by atoms with van der Waals surface area (Å²) in [6, 6.07) is 22.7. The maximum Gasteiger partial charge on any atom is 0.251 e. The van der Waals surface area contributed by atoms with Gasteiger partial charge in [0, 0.05) is 25.1 Å². The van der Waals surface area contributed by atoms with E-state index in [9.17, 15) is 14.0 Å². The molecule has 0 radical (unpaired) electrons. The largest absolute Gasteiger partial charge is 0.352 e. The normalized spacial score (nSPS) is 10.8. The summed E-state index contributed by atoms with van der Waals surface area (Å²) in [4.78, 5) is 29.5. The predicted octanol–water partition coefficient (Wildman–Crippen LogP) is 3.46. The second kappa shape index (κ2) is 9.87. The highest BCUT2D eigenvalue weighted by Crippen LogP contribution is 2.16. The molecule has 0 spiro atoms. The van der Waals surface area contributed by atoms with Crippen LogP contribution in [0.25, 0.3) is 11.0 Å². The van der Waals surface area contributed by atoms with Gasteiger partial charge in [-0.25, -0.2) is 9.37 Å². The van der Waals surface area contributed by atoms with Crippen molar-refractivity contribution < 1.29 is 14.0 Å². The van der Waals surface area contributed by atoms with Crippen LogP contribution >= 0.6 is 0 Å². The van der Waals surface area contributed by atoms with E-state index in [0.29, 0.717) is 25.1 Å². The summed E-state index contributed by atoms with van der Waals surface area (Å²) in [5.74, 6) is 0.0859. The molecule has 0 aliphatic heterocycles. The quantitative estimate of drug-likeness (QED) is 0.450. The number of rotatable bonds is 8. The number of halogens is 1. The van der Waals surface area contributed by atoms with Gasteiger partial charge in [0.1, 0.15) is 18.2 Å². The number of hydrogen-bond acceptors (Lipinski definition) is 3. The summed E-state index contributed by atoms with van der Waals surface area (Å²) in [5, 5.41) is 5.76. The lowest BCUT2D eigenvalue weighted by Gasteiger charge is -2.11. The molecule has 7 heteroatoms. The van der Waals surface area contributed by atoms with Crippen LogP contribution in [0.3, 0.4) is 0 Å². The fourth-order valence-electron chi connectivity index (χ4n) is 3.47. The Morgan fingerprint density at radius 1 is 0.875 bits per heavy atom. The Labute approximate surface area is 185 Å². The van der Waals surface area contributed by atoms with Crippen LogP contribution in [0.1, 0.15) is 21.7 Å². The van der Waals surface area contributed by atoms with Gasteiger partial charge in [0.2, 0.25) is 5.91 Å². The van der Waals surface area contributed by atoms with Gasteiger partial charge in [-0.1, -0.05) is 42.5 Å². The fourth-order valence-corrected chi connectivity index (χ4v) is 3.47. The van der Waals surface area contributed by atoms with E-state index in [1.54, 1.807) is 24.3 Å². The molecule has 2 N–H and O–H groups in total. The molecule has 0 aliphatic carbocycles. The third-order valence-electron chi connectivity index (χ3n) is 5.11. The summed E-state index contributed by atoms with van der Waals surface area (Å²) in [6.45, 7) is 0.812. The Hall–Kier alpha value is -4.00. The number of carbonyl (C=O) groups is 2. The highest BCUT2D eigenvalue weighted by atomic mass is 19.1. The molecule has 0 saturated heterocycles. The molecule has 162 valence electrons. The third kappa shape index (κ3) is 5.18. The molecule has 0 saturated carbocycles. The Balaban J connectivity index is 1.42. The van der Waals surface area contributed by atoms with E-state index in [1.807, 2.05) is 47.0 Å². The van der Waals surface area contributed by atoms with Crippen LogP contribution in [0.15, 0.2) is 78.9 Å². The van der Waals surface area contributed by atoms with Crippen molar-refractivity contribution in [2.45, 2.75) is 19.5 Å². The van der Waals surface area contributed by atoms with Crippen molar-refractivity contribution in [2.75, 3.05) is 6.54 Å². The van der Waals surface area contributed by atoms with Crippen LogP contribution in [0.4, 0.5) is 4.39 Å². The molecule has 0 aliphatic rings. The topological polar surface area (TPSA) is 76.0 Å². The smallest absolute Gasteiger partial charge is 0.251 e. The molecule has 1 heterocycles. The second-order valence-corrected chi connectivity index (χ2v) is 7.38. The van der Waals surface area contributed by atoms with Gasteiger partial charge in [-0.3, -0.25) is 9.59 Å². The van der Waals surface area contributed by atoms with E-state index >= 15 is 0 Å². The minimum absolute atomic E-state index is 0.101. The molecular weight excluding hydrogens is 407 g/mol. The van der Waals surface area contributed by atoms with E-state index in [4.69, 9.17) is 0 Å². The van der Waals surface area contributed by atoms with E-state index < -0.39 is 0 Å². The predicted molar refractivity (Wildman–Crippen MR) is 120 cm³/mol. The van der Waals surface area contributed by atoms with Crippen LogP contribution in [-0.2, 0) is 24.3 Å². The number of benzene rings is 3. The van der Waals surface area contributed by atoms with Crippen LogP contribution in [0, 0.1) is 5.82 Å². The summed E-state index contributed by atoms with van der Waals surface area (Å²) in [7, 11) is 0. The lowest BCUT2D eigenvalue weighted by Crippen LogP contribution is -2.29. The van der Waals surface area contributed by atoms with E-state index in [-0.39, 0.29) is 24.2 Å². The first kappa shape index (κ1) is 21.2. The van der Waals surface area contributed by atoms with Gasteiger partial charge < -0.3 is 15.2 Å². The SMILES string of the molecule is O=C(Cn1c(CCNC(=O)c2ccccc2)nc2ccccc21)NCc1ccc(F)cc1. The Morgan fingerprint density at radius 3 is 2.38 bits per heavy atom. The first-order valence-corrected chi connectivity index (χ1v) is 10.4. The number of nitrogens with zero attached hydrogens (tertiary/aromatic N) is 2. The highest BCUT2D eigenvalue weighted by Gasteiger charge is 2.14. The Bertz CT molecular complexity index is 1220. The number of nitrogens with one attached hydrogen (secondary N) is 2. The molecule has 0 fully saturated rings. The molecule has 0 bridgehead atoms. The molecule has 2 amide bonds. The van der Waals surface area contributed by atoms with Gasteiger partial charge in [-0.15, -0.1) is 0 Å². The van der Waals surface area contributed by atoms with Crippen molar-refractivity contribution in [3.63, 3.8) is 0 Å². The van der Waals surface area contributed by atoms with E-state index in [1.165, 1.54) is 12.1 Å². The average Bonchev–Trinajstić information content (AvgIpc) is 3.16. The molecule has 1 aromatic heterocycles. The number of imidazole rings is 1. The van der Waals surface area contributed by atoms with Crippen LogP contribution in [0.5, 0.6) is 0 Å². The fraction of sp³-hybridized carbons (Fsp3) is 0.160. The van der Waals surface area contributed by atoms with Crippen molar-refractivity contribution in [3.05, 3.63) is 102 Å². The van der Waals surface area contributed by atoms with Crippen LogP contribution < -0.4 is 10.6 Å². The van der Waals surface area contributed by atoms with Gasteiger partial charge >= 0.3 is 0 Å². The lowest BCUT2D eigenvalue weighted by atomic mass is 10.2. The zero-order valence-corrected chi connectivity index (χ0v) is 17.4. The summed E-state index contributed by atoms with van der Waals surface area (Å²) >= 11 is 0. The maximum atomic E-state index is 13.1. The highest BCUT2D eigenvalue weighted by molar-refractivity contribution is 5.94. The first-order chi connectivity index (χ1) is 15.6. The summed E-state index contributed by atoms with van der Waals surface area (Å²) in [6.07, 6.45) is 0.485. The van der Waals surface area contributed by atoms with Gasteiger partial charge in [0.05, 0.1) is 11.0 Å².